The summed E-state index contributed by atoms with van der Waals surface area (Å²) in [4.78, 5) is 23.4. The van der Waals surface area contributed by atoms with Crippen molar-refractivity contribution >= 4 is 12.0 Å². The maximum Gasteiger partial charge on any atom is 0.407 e. The molecular formula is C15H24N2O3. The number of rotatable bonds is 4. The first kappa shape index (κ1) is 14.9. The molecule has 20 heavy (non-hydrogen) atoms. The number of amides is 2. The number of carbonyl (C=O) groups excluding carboxylic acids is 2. The fourth-order valence-corrected chi connectivity index (χ4v) is 2.88. The number of nitrogens with one attached hydrogen (secondary N) is 2. The van der Waals surface area contributed by atoms with Crippen molar-refractivity contribution < 1.29 is 14.3 Å². The highest BCUT2D eigenvalue weighted by molar-refractivity contribution is 5.80. The minimum Gasteiger partial charge on any atom is -0.444 e. The van der Waals surface area contributed by atoms with E-state index in [1.807, 2.05) is 20.8 Å². The average molecular weight is 280 g/mol. The summed E-state index contributed by atoms with van der Waals surface area (Å²) in [5.74, 6) is 1.23. The summed E-state index contributed by atoms with van der Waals surface area (Å²) < 4.78 is 5.11. The second kappa shape index (κ2) is 5.85. The van der Waals surface area contributed by atoms with Crippen LogP contribution in [0.2, 0.25) is 0 Å². The predicted octanol–water partition coefficient (Wildman–Crippen LogP) is 1.84. The molecule has 0 aromatic carbocycles. The van der Waals surface area contributed by atoms with Crippen LogP contribution in [0.15, 0.2) is 12.2 Å². The number of allylic oxidation sites excluding steroid dienone is 2. The van der Waals surface area contributed by atoms with Crippen LogP contribution in [-0.2, 0) is 9.53 Å². The monoisotopic (exact) mass is 280 g/mol. The van der Waals surface area contributed by atoms with E-state index in [2.05, 4.69) is 22.8 Å². The Morgan fingerprint density at radius 1 is 1.15 bits per heavy atom. The van der Waals surface area contributed by atoms with Crippen molar-refractivity contribution in [3.8, 4) is 0 Å². The Morgan fingerprint density at radius 2 is 1.85 bits per heavy atom. The van der Waals surface area contributed by atoms with Crippen LogP contribution in [0.3, 0.4) is 0 Å². The molecule has 1 saturated carbocycles. The Morgan fingerprint density at radius 3 is 2.40 bits per heavy atom. The highest BCUT2D eigenvalue weighted by atomic mass is 16.6. The van der Waals surface area contributed by atoms with E-state index in [4.69, 9.17) is 4.74 Å². The van der Waals surface area contributed by atoms with Crippen molar-refractivity contribution in [1.82, 2.24) is 10.6 Å². The van der Waals surface area contributed by atoms with Gasteiger partial charge in [-0.05, 0) is 45.4 Å². The quantitative estimate of drug-likeness (QED) is 0.610. The summed E-state index contributed by atoms with van der Waals surface area (Å²) in [5, 5.41) is 5.51. The molecule has 2 aliphatic rings. The van der Waals surface area contributed by atoms with E-state index in [1.54, 1.807) is 0 Å². The Labute approximate surface area is 120 Å². The SMILES string of the molecule is CC(C)(C)OC(=O)NCCNC(=O)[C@H]1C[C@H]2C=C[C@@H]1C2. The Balaban J connectivity index is 1.61. The van der Waals surface area contributed by atoms with Crippen molar-refractivity contribution in [2.45, 2.75) is 39.2 Å². The van der Waals surface area contributed by atoms with Gasteiger partial charge in [-0.1, -0.05) is 12.2 Å². The molecule has 0 unspecified atom stereocenters. The van der Waals surface area contributed by atoms with E-state index >= 15 is 0 Å². The highest BCUT2D eigenvalue weighted by Gasteiger charge is 2.39. The van der Waals surface area contributed by atoms with Gasteiger partial charge in [0.1, 0.15) is 5.60 Å². The van der Waals surface area contributed by atoms with Crippen LogP contribution in [0.5, 0.6) is 0 Å². The third-order valence-corrected chi connectivity index (χ3v) is 3.71. The summed E-state index contributed by atoms with van der Waals surface area (Å²) in [5.41, 5.74) is -0.497. The third kappa shape index (κ3) is 3.99. The van der Waals surface area contributed by atoms with Crippen molar-refractivity contribution in [3.63, 3.8) is 0 Å². The van der Waals surface area contributed by atoms with Crippen molar-refractivity contribution in [2.75, 3.05) is 13.1 Å². The highest BCUT2D eigenvalue weighted by Crippen LogP contribution is 2.43. The maximum atomic E-state index is 12.0. The van der Waals surface area contributed by atoms with Gasteiger partial charge in [-0.2, -0.15) is 0 Å². The van der Waals surface area contributed by atoms with E-state index in [0.29, 0.717) is 24.9 Å². The van der Waals surface area contributed by atoms with Crippen LogP contribution in [-0.4, -0.2) is 30.7 Å². The van der Waals surface area contributed by atoms with Gasteiger partial charge < -0.3 is 15.4 Å². The van der Waals surface area contributed by atoms with Gasteiger partial charge >= 0.3 is 6.09 Å². The molecule has 0 aromatic heterocycles. The topological polar surface area (TPSA) is 67.4 Å². The molecule has 2 N–H and O–H groups in total. The predicted molar refractivity (Wildman–Crippen MR) is 76.1 cm³/mol. The fourth-order valence-electron chi connectivity index (χ4n) is 2.88. The molecule has 0 aliphatic heterocycles. The van der Waals surface area contributed by atoms with Gasteiger partial charge in [0.15, 0.2) is 0 Å². The molecule has 0 saturated heterocycles. The largest absolute Gasteiger partial charge is 0.444 e. The number of carbonyl (C=O) groups is 2. The molecule has 5 nitrogen and oxygen atoms in total. The molecule has 3 atom stereocenters. The number of hydrogen-bond acceptors (Lipinski definition) is 3. The lowest BCUT2D eigenvalue weighted by Crippen LogP contribution is -2.40. The van der Waals surface area contributed by atoms with Crippen LogP contribution in [0.4, 0.5) is 4.79 Å². The average Bonchev–Trinajstić information content (AvgIpc) is 2.94. The molecular weight excluding hydrogens is 256 g/mol. The van der Waals surface area contributed by atoms with E-state index in [-0.39, 0.29) is 11.8 Å². The first-order chi connectivity index (χ1) is 9.35. The van der Waals surface area contributed by atoms with Gasteiger partial charge in [0.25, 0.3) is 0 Å². The molecule has 2 bridgehead atoms. The lowest BCUT2D eigenvalue weighted by atomic mass is 9.93. The second-order valence-electron chi connectivity index (χ2n) is 6.61. The van der Waals surface area contributed by atoms with Gasteiger partial charge in [0.05, 0.1) is 0 Å². The standard InChI is InChI=1S/C15H24N2O3/c1-15(2,3)20-14(19)17-7-6-16-13(18)12-9-10-4-5-11(12)8-10/h4-5,10-12H,6-9H2,1-3H3,(H,16,18)(H,17,19)/t10-,11+,12-/m0/s1. The summed E-state index contributed by atoms with van der Waals surface area (Å²) in [7, 11) is 0. The summed E-state index contributed by atoms with van der Waals surface area (Å²) >= 11 is 0. The molecule has 2 amide bonds. The second-order valence-corrected chi connectivity index (χ2v) is 6.61. The van der Waals surface area contributed by atoms with Crippen LogP contribution >= 0.6 is 0 Å². The molecule has 0 radical (unpaired) electrons. The zero-order valence-corrected chi connectivity index (χ0v) is 12.4. The summed E-state index contributed by atoms with van der Waals surface area (Å²) in [6, 6.07) is 0. The van der Waals surface area contributed by atoms with Crippen molar-refractivity contribution in [3.05, 3.63) is 12.2 Å². The Kier molecular flexibility index (Phi) is 4.35. The normalized spacial score (nSPS) is 27.4. The van der Waals surface area contributed by atoms with Gasteiger partial charge in [0, 0.05) is 19.0 Å². The number of ether oxygens (including phenoxy) is 1. The molecule has 112 valence electrons. The molecule has 1 fully saturated rings. The van der Waals surface area contributed by atoms with E-state index < -0.39 is 11.7 Å². The first-order valence-corrected chi connectivity index (χ1v) is 7.28. The number of hydrogen-bond donors (Lipinski definition) is 2. The third-order valence-electron chi connectivity index (χ3n) is 3.71. The molecule has 0 heterocycles. The minimum atomic E-state index is -0.497. The molecule has 2 aliphatic carbocycles. The summed E-state index contributed by atoms with van der Waals surface area (Å²) in [6.45, 7) is 6.28. The van der Waals surface area contributed by atoms with Crippen LogP contribution in [0, 0.1) is 17.8 Å². The molecule has 5 heteroatoms. The van der Waals surface area contributed by atoms with Crippen LogP contribution in [0.1, 0.15) is 33.6 Å². The van der Waals surface area contributed by atoms with E-state index in [1.165, 1.54) is 0 Å². The summed E-state index contributed by atoms with van der Waals surface area (Å²) in [6.07, 6.45) is 6.02. The van der Waals surface area contributed by atoms with Crippen LogP contribution < -0.4 is 10.6 Å². The van der Waals surface area contributed by atoms with E-state index in [0.717, 1.165) is 12.8 Å². The first-order valence-electron chi connectivity index (χ1n) is 7.28. The number of fused-ring (bicyclic) bond motifs is 2. The minimum absolute atomic E-state index is 0.104. The number of alkyl carbamates (subject to hydrolysis) is 1. The van der Waals surface area contributed by atoms with Gasteiger partial charge in [-0.3, -0.25) is 4.79 Å². The van der Waals surface area contributed by atoms with Gasteiger partial charge in [-0.15, -0.1) is 0 Å². The zero-order chi connectivity index (χ0) is 14.8. The van der Waals surface area contributed by atoms with Crippen molar-refractivity contribution in [2.24, 2.45) is 17.8 Å². The molecule has 0 spiro atoms. The zero-order valence-electron chi connectivity index (χ0n) is 12.4. The lowest BCUT2D eigenvalue weighted by Gasteiger charge is -2.20. The molecule has 2 rings (SSSR count). The van der Waals surface area contributed by atoms with Gasteiger partial charge in [0.2, 0.25) is 5.91 Å². The maximum absolute atomic E-state index is 12.0. The Hall–Kier alpha value is -1.52. The smallest absolute Gasteiger partial charge is 0.407 e. The fraction of sp³-hybridized carbons (Fsp3) is 0.733. The lowest BCUT2D eigenvalue weighted by molar-refractivity contribution is -0.125. The van der Waals surface area contributed by atoms with Crippen molar-refractivity contribution in [1.29, 1.82) is 0 Å². The molecule has 0 aromatic rings. The van der Waals surface area contributed by atoms with Gasteiger partial charge in [-0.25, -0.2) is 4.79 Å². The Bertz CT molecular complexity index is 412. The van der Waals surface area contributed by atoms with E-state index in [9.17, 15) is 9.59 Å². The van der Waals surface area contributed by atoms with Crippen LogP contribution in [0.25, 0.3) is 0 Å².